The summed E-state index contributed by atoms with van der Waals surface area (Å²) in [5, 5.41) is 19.3. The Morgan fingerprint density at radius 1 is 1.24 bits per heavy atom. The van der Waals surface area contributed by atoms with Gasteiger partial charge in [-0.25, -0.2) is 0 Å². The van der Waals surface area contributed by atoms with Gasteiger partial charge in [0.15, 0.2) is 0 Å². The maximum Gasteiger partial charge on any atom is 0.222 e. The zero-order chi connectivity index (χ0) is 12.3. The minimum Gasteiger partial charge on any atom is -0.393 e. The maximum atomic E-state index is 11.4. The molecule has 0 radical (unpaired) electrons. The molecule has 1 atom stereocenters. The molecule has 2 rings (SSSR count). The van der Waals surface area contributed by atoms with Gasteiger partial charge in [0.05, 0.1) is 12.2 Å². The number of β-amino-alcohol motifs (C(OH)–C–C–N with tert-alkyl or cyclic N) is 1. The maximum absolute atomic E-state index is 11.4. The Labute approximate surface area is 102 Å². The van der Waals surface area contributed by atoms with Crippen molar-refractivity contribution in [1.29, 1.82) is 0 Å². The van der Waals surface area contributed by atoms with E-state index in [0.717, 1.165) is 38.9 Å². The number of carbonyl (C=O) groups is 1. The molecule has 0 aromatic rings. The first-order valence-corrected chi connectivity index (χ1v) is 6.51. The predicted molar refractivity (Wildman–Crippen MR) is 63.5 cm³/mol. The number of hydrogen-bond acceptors (Lipinski definition) is 4. The third kappa shape index (κ3) is 3.66. The summed E-state index contributed by atoms with van der Waals surface area (Å²) in [7, 11) is 0. The van der Waals surface area contributed by atoms with E-state index in [1.54, 1.807) is 4.90 Å². The van der Waals surface area contributed by atoms with Crippen LogP contribution >= 0.6 is 0 Å². The molecule has 2 saturated heterocycles. The molecule has 2 aliphatic heterocycles. The minimum atomic E-state index is -0.465. The molecule has 2 aliphatic rings. The van der Waals surface area contributed by atoms with Crippen molar-refractivity contribution in [3.05, 3.63) is 0 Å². The van der Waals surface area contributed by atoms with Crippen LogP contribution in [0.3, 0.4) is 0 Å². The van der Waals surface area contributed by atoms with Crippen molar-refractivity contribution in [3.63, 3.8) is 0 Å². The van der Waals surface area contributed by atoms with Crippen LogP contribution in [0, 0.1) is 0 Å². The molecule has 0 saturated carbocycles. The van der Waals surface area contributed by atoms with Crippen LogP contribution in [0.5, 0.6) is 0 Å². The number of rotatable bonds is 4. The number of piperidine rings is 1. The van der Waals surface area contributed by atoms with Crippen LogP contribution in [0.2, 0.25) is 0 Å². The fourth-order valence-electron chi connectivity index (χ4n) is 2.61. The molecule has 0 aliphatic carbocycles. The monoisotopic (exact) mass is 242 g/mol. The third-order valence-corrected chi connectivity index (χ3v) is 3.63. The quantitative estimate of drug-likeness (QED) is 0.693. The molecule has 17 heavy (non-hydrogen) atoms. The topological polar surface area (TPSA) is 64.0 Å². The Hall–Kier alpha value is -0.650. The number of likely N-dealkylation sites (tertiary alicyclic amines) is 2. The summed E-state index contributed by atoms with van der Waals surface area (Å²) in [6.45, 7) is 3.53. The summed E-state index contributed by atoms with van der Waals surface area (Å²) in [6, 6.07) is 0. The standard InChI is InChI=1S/C12H22N2O3/c15-10-3-6-13(7-4-10)8-11(16)9-14-5-1-2-12(14)17/h10-11,15-16H,1-9H2. The van der Waals surface area contributed by atoms with E-state index >= 15 is 0 Å². The highest BCUT2D eigenvalue weighted by Crippen LogP contribution is 2.13. The molecule has 5 heteroatoms. The summed E-state index contributed by atoms with van der Waals surface area (Å²) in [5.41, 5.74) is 0. The molecule has 0 bridgehead atoms. The largest absolute Gasteiger partial charge is 0.393 e. The first-order valence-electron chi connectivity index (χ1n) is 6.51. The highest BCUT2D eigenvalue weighted by Gasteiger charge is 2.24. The predicted octanol–water partition coefficient (Wildman–Crippen LogP) is -0.574. The van der Waals surface area contributed by atoms with Gasteiger partial charge in [0.1, 0.15) is 0 Å². The smallest absolute Gasteiger partial charge is 0.222 e. The van der Waals surface area contributed by atoms with Gasteiger partial charge in [-0.15, -0.1) is 0 Å². The van der Waals surface area contributed by atoms with E-state index in [1.165, 1.54) is 0 Å². The lowest BCUT2D eigenvalue weighted by molar-refractivity contribution is -0.129. The number of nitrogens with zero attached hydrogens (tertiary/aromatic N) is 2. The van der Waals surface area contributed by atoms with Crippen LogP contribution in [0.1, 0.15) is 25.7 Å². The number of aliphatic hydroxyl groups is 2. The summed E-state index contributed by atoms with van der Waals surface area (Å²) in [6.07, 6.45) is 2.48. The van der Waals surface area contributed by atoms with E-state index in [0.29, 0.717) is 19.5 Å². The Balaban J connectivity index is 1.69. The van der Waals surface area contributed by atoms with Gasteiger partial charge in [0, 0.05) is 39.1 Å². The summed E-state index contributed by atoms with van der Waals surface area (Å²) < 4.78 is 0. The van der Waals surface area contributed by atoms with E-state index in [4.69, 9.17) is 0 Å². The van der Waals surface area contributed by atoms with Gasteiger partial charge >= 0.3 is 0 Å². The van der Waals surface area contributed by atoms with Crippen LogP contribution in [-0.4, -0.2) is 70.9 Å². The lowest BCUT2D eigenvalue weighted by Gasteiger charge is -2.32. The zero-order valence-corrected chi connectivity index (χ0v) is 10.2. The van der Waals surface area contributed by atoms with Gasteiger partial charge in [0.2, 0.25) is 5.91 Å². The fraction of sp³-hybridized carbons (Fsp3) is 0.917. The Morgan fingerprint density at radius 2 is 1.94 bits per heavy atom. The molecular weight excluding hydrogens is 220 g/mol. The van der Waals surface area contributed by atoms with Crippen LogP contribution in [0.15, 0.2) is 0 Å². The van der Waals surface area contributed by atoms with Crippen LogP contribution in [0.25, 0.3) is 0 Å². The molecule has 2 N–H and O–H groups in total. The zero-order valence-electron chi connectivity index (χ0n) is 10.2. The second-order valence-corrected chi connectivity index (χ2v) is 5.13. The number of hydrogen-bond donors (Lipinski definition) is 2. The SMILES string of the molecule is O=C1CCCN1CC(O)CN1CCC(O)CC1. The Morgan fingerprint density at radius 3 is 2.53 bits per heavy atom. The van der Waals surface area contributed by atoms with Crippen molar-refractivity contribution < 1.29 is 15.0 Å². The van der Waals surface area contributed by atoms with Gasteiger partial charge < -0.3 is 20.0 Å². The lowest BCUT2D eigenvalue weighted by Crippen LogP contribution is -2.44. The molecule has 1 unspecified atom stereocenters. The average Bonchev–Trinajstić information content (AvgIpc) is 2.68. The van der Waals surface area contributed by atoms with E-state index in [9.17, 15) is 15.0 Å². The minimum absolute atomic E-state index is 0.165. The first kappa shape index (κ1) is 12.8. The van der Waals surface area contributed by atoms with Crippen LogP contribution < -0.4 is 0 Å². The molecule has 5 nitrogen and oxygen atoms in total. The molecule has 2 heterocycles. The van der Waals surface area contributed by atoms with E-state index in [-0.39, 0.29) is 12.0 Å². The van der Waals surface area contributed by atoms with Crippen molar-refractivity contribution in [3.8, 4) is 0 Å². The van der Waals surface area contributed by atoms with Crippen LogP contribution in [-0.2, 0) is 4.79 Å². The van der Waals surface area contributed by atoms with Crippen molar-refractivity contribution in [2.24, 2.45) is 0 Å². The van der Waals surface area contributed by atoms with Gasteiger partial charge in [-0.05, 0) is 19.3 Å². The molecule has 98 valence electrons. The summed E-state index contributed by atoms with van der Waals surface area (Å²) in [5.74, 6) is 0.165. The van der Waals surface area contributed by atoms with E-state index in [1.807, 2.05) is 0 Å². The lowest BCUT2D eigenvalue weighted by atomic mass is 10.1. The van der Waals surface area contributed by atoms with Gasteiger partial charge in [-0.1, -0.05) is 0 Å². The molecule has 2 fully saturated rings. The average molecular weight is 242 g/mol. The van der Waals surface area contributed by atoms with Crippen molar-refractivity contribution in [1.82, 2.24) is 9.80 Å². The van der Waals surface area contributed by atoms with Crippen molar-refractivity contribution >= 4 is 5.91 Å². The molecule has 0 aromatic heterocycles. The van der Waals surface area contributed by atoms with Crippen molar-refractivity contribution in [2.45, 2.75) is 37.9 Å². The Bertz CT molecular complexity index is 264. The van der Waals surface area contributed by atoms with Crippen LogP contribution in [0.4, 0.5) is 0 Å². The van der Waals surface area contributed by atoms with E-state index < -0.39 is 6.10 Å². The Kier molecular flexibility index (Phi) is 4.36. The normalized spacial score (nSPS) is 25.5. The second kappa shape index (κ2) is 5.80. The number of amides is 1. The molecule has 0 spiro atoms. The summed E-state index contributed by atoms with van der Waals surface area (Å²) >= 11 is 0. The summed E-state index contributed by atoms with van der Waals surface area (Å²) in [4.78, 5) is 15.3. The first-order chi connectivity index (χ1) is 8.15. The fourth-order valence-corrected chi connectivity index (χ4v) is 2.61. The van der Waals surface area contributed by atoms with Gasteiger partial charge in [0.25, 0.3) is 0 Å². The van der Waals surface area contributed by atoms with E-state index in [2.05, 4.69) is 4.90 Å². The second-order valence-electron chi connectivity index (χ2n) is 5.13. The van der Waals surface area contributed by atoms with Gasteiger partial charge in [-0.2, -0.15) is 0 Å². The molecular formula is C12H22N2O3. The highest BCUT2D eigenvalue weighted by atomic mass is 16.3. The third-order valence-electron chi connectivity index (χ3n) is 3.63. The van der Waals surface area contributed by atoms with Gasteiger partial charge in [-0.3, -0.25) is 4.79 Å². The highest BCUT2D eigenvalue weighted by molar-refractivity contribution is 5.78. The molecule has 0 aromatic carbocycles. The number of aliphatic hydroxyl groups excluding tert-OH is 2. The number of carbonyl (C=O) groups excluding carboxylic acids is 1. The molecule has 1 amide bonds. The van der Waals surface area contributed by atoms with Crippen molar-refractivity contribution in [2.75, 3.05) is 32.7 Å².